The zero-order chi connectivity index (χ0) is 13.4. The van der Waals surface area contributed by atoms with Gasteiger partial charge in [-0.05, 0) is 12.0 Å². The van der Waals surface area contributed by atoms with Gasteiger partial charge in [0, 0.05) is 18.6 Å². The van der Waals surface area contributed by atoms with E-state index < -0.39 is 0 Å². The van der Waals surface area contributed by atoms with Crippen molar-refractivity contribution in [2.24, 2.45) is 0 Å². The predicted octanol–water partition coefficient (Wildman–Crippen LogP) is 3.08. The van der Waals surface area contributed by atoms with Gasteiger partial charge in [0.15, 0.2) is 11.5 Å². The van der Waals surface area contributed by atoms with E-state index in [1.54, 1.807) is 0 Å². The second kappa shape index (κ2) is 4.56. The van der Waals surface area contributed by atoms with E-state index in [4.69, 9.17) is 9.47 Å². The molecule has 0 saturated carbocycles. The smallest absolute Gasteiger partial charge is 0.231 e. The van der Waals surface area contributed by atoms with Crippen LogP contribution >= 0.6 is 0 Å². The minimum Gasteiger partial charge on any atom is -0.454 e. The number of nitrogens with zero attached hydrogens (tertiary/aromatic N) is 1. The zero-order valence-corrected chi connectivity index (χ0v) is 10.9. The number of fused-ring (bicyclic) bond motifs is 2. The fourth-order valence-electron chi connectivity index (χ4n) is 2.48. The van der Waals surface area contributed by atoms with Crippen molar-refractivity contribution in [3.63, 3.8) is 0 Å². The molecule has 1 aromatic heterocycles. The Balaban J connectivity index is 1.58. The summed E-state index contributed by atoms with van der Waals surface area (Å²) >= 11 is 0. The molecule has 4 heteroatoms. The maximum Gasteiger partial charge on any atom is 0.231 e. The molecule has 0 spiro atoms. The molecule has 0 fully saturated rings. The van der Waals surface area contributed by atoms with Crippen molar-refractivity contribution in [1.82, 2.24) is 9.97 Å². The minimum absolute atomic E-state index is 0.294. The molecule has 0 unspecified atom stereocenters. The van der Waals surface area contributed by atoms with Crippen LogP contribution < -0.4 is 9.47 Å². The number of imidazole rings is 1. The Labute approximate surface area is 116 Å². The SMILES string of the molecule is c1ccc(CCc2nc3cc4c(cc3[nH]2)OCO4)cc1. The summed E-state index contributed by atoms with van der Waals surface area (Å²) in [6.45, 7) is 0.294. The van der Waals surface area contributed by atoms with Crippen LogP contribution in [0.15, 0.2) is 42.5 Å². The summed E-state index contributed by atoms with van der Waals surface area (Å²) in [6.07, 6.45) is 1.87. The molecule has 0 aliphatic carbocycles. The number of ether oxygens (including phenoxy) is 2. The molecule has 4 nitrogen and oxygen atoms in total. The quantitative estimate of drug-likeness (QED) is 0.792. The van der Waals surface area contributed by atoms with Crippen molar-refractivity contribution in [1.29, 1.82) is 0 Å². The molecule has 2 heterocycles. The number of aromatic nitrogens is 2. The van der Waals surface area contributed by atoms with E-state index in [0.717, 1.165) is 41.2 Å². The van der Waals surface area contributed by atoms with Crippen LogP contribution in [-0.4, -0.2) is 16.8 Å². The van der Waals surface area contributed by atoms with Crippen molar-refractivity contribution < 1.29 is 9.47 Å². The van der Waals surface area contributed by atoms with Crippen molar-refractivity contribution in [2.45, 2.75) is 12.8 Å². The van der Waals surface area contributed by atoms with Crippen LogP contribution in [0.5, 0.6) is 11.5 Å². The van der Waals surface area contributed by atoms with Crippen molar-refractivity contribution in [3.05, 3.63) is 53.9 Å². The third-order valence-electron chi connectivity index (χ3n) is 3.52. The molecule has 0 amide bonds. The zero-order valence-electron chi connectivity index (χ0n) is 10.9. The van der Waals surface area contributed by atoms with Gasteiger partial charge < -0.3 is 14.5 Å². The summed E-state index contributed by atoms with van der Waals surface area (Å²) in [5.74, 6) is 2.56. The van der Waals surface area contributed by atoms with Crippen LogP contribution in [-0.2, 0) is 12.8 Å². The lowest BCUT2D eigenvalue weighted by Crippen LogP contribution is -1.93. The van der Waals surface area contributed by atoms with Crippen LogP contribution in [0, 0.1) is 0 Å². The van der Waals surface area contributed by atoms with E-state index in [2.05, 4.69) is 34.2 Å². The van der Waals surface area contributed by atoms with Gasteiger partial charge >= 0.3 is 0 Å². The maximum absolute atomic E-state index is 5.38. The van der Waals surface area contributed by atoms with E-state index in [1.807, 2.05) is 18.2 Å². The highest BCUT2D eigenvalue weighted by molar-refractivity contribution is 5.80. The van der Waals surface area contributed by atoms with Crippen LogP contribution in [0.4, 0.5) is 0 Å². The molecule has 100 valence electrons. The van der Waals surface area contributed by atoms with Gasteiger partial charge in [-0.15, -0.1) is 0 Å². The highest BCUT2D eigenvalue weighted by Gasteiger charge is 2.16. The number of hydrogen-bond donors (Lipinski definition) is 1. The standard InChI is InChI=1S/C16H14N2O2/c1-2-4-11(5-3-1)6-7-16-17-12-8-14-15(20-10-19-14)9-13(12)18-16/h1-5,8-9H,6-7,10H2,(H,17,18). The number of aromatic amines is 1. The summed E-state index contributed by atoms with van der Waals surface area (Å²) in [6, 6.07) is 14.3. The van der Waals surface area contributed by atoms with Gasteiger partial charge in [0.25, 0.3) is 0 Å². The van der Waals surface area contributed by atoms with E-state index >= 15 is 0 Å². The lowest BCUT2D eigenvalue weighted by atomic mass is 10.1. The van der Waals surface area contributed by atoms with Gasteiger partial charge in [0.05, 0.1) is 11.0 Å². The molecule has 20 heavy (non-hydrogen) atoms. The first-order valence-electron chi connectivity index (χ1n) is 6.71. The van der Waals surface area contributed by atoms with Crippen LogP contribution in [0.2, 0.25) is 0 Å². The summed E-state index contributed by atoms with van der Waals surface area (Å²) in [5, 5.41) is 0. The Kier molecular flexibility index (Phi) is 2.59. The second-order valence-corrected chi connectivity index (χ2v) is 4.89. The van der Waals surface area contributed by atoms with Crippen LogP contribution in [0.3, 0.4) is 0 Å². The second-order valence-electron chi connectivity index (χ2n) is 4.89. The van der Waals surface area contributed by atoms with Crippen LogP contribution in [0.25, 0.3) is 11.0 Å². The summed E-state index contributed by atoms with van der Waals surface area (Å²) in [4.78, 5) is 7.96. The first-order chi connectivity index (χ1) is 9.88. The molecule has 1 N–H and O–H groups in total. The first kappa shape index (κ1) is 11.3. The van der Waals surface area contributed by atoms with E-state index in [1.165, 1.54) is 5.56 Å². The number of rotatable bonds is 3. The Morgan fingerprint density at radius 3 is 2.65 bits per heavy atom. The molecule has 0 saturated heterocycles. The molecular weight excluding hydrogens is 252 g/mol. The molecular formula is C16H14N2O2. The molecule has 0 radical (unpaired) electrons. The average molecular weight is 266 g/mol. The predicted molar refractivity (Wildman–Crippen MR) is 76.1 cm³/mol. The summed E-state index contributed by atoms with van der Waals surface area (Å²) in [7, 11) is 0. The van der Waals surface area contributed by atoms with Gasteiger partial charge in [0.1, 0.15) is 5.82 Å². The third-order valence-corrected chi connectivity index (χ3v) is 3.52. The van der Waals surface area contributed by atoms with E-state index in [-0.39, 0.29) is 0 Å². The Morgan fingerprint density at radius 2 is 1.80 bits per heavy atom. The molecule has 0 bridgehead atoms. The van der Waals surface area contributed by atoms with Gasteiger partial charge in [-0.2, -0.15) is 0 Å². The molecule has 0 atom stereocenters. The highest BCUT2D eigenvalue weighted by atomic mass is 16.7. The number of nitrogens with one attached hydrogen (secondary N) is 1. The van der Waals surface area contributed by atoms with Crippen molar-refractivity contribution in [3.8, 4) is 11.5 Å². The molecule has 1 aliphatic heterocycles. The Morgan fingerprint density at radius 1 is 1.00 bits per heavy atom. The van der Waals surface area contributed by atoms with Gasteiger partial charge in [0.2, 0.25) is 6.79 Å². The largest absolute Gasteiger partial charge is 0.454 e. The number of aryl methyl sites for hydroxylation is 2. The highest BCUT2D eigenvalue weighted by Crippen LogP contribution is 2.35. The maximum atomic E-state index is 5.38. The molecule has 3 aromatic rings. The van der Waals surface area contributed by atoms with Gasteiger partial charge in [-0.25, -0.2) is 4.98 Å². The number of hydrogen-bond acceptors (Lipinski definition) is 3. The Hall–Kier alpha value is -2.49. The monoisotopic (exact) mass is 266 g/mol. The fourth-order valence-corrected chi connectivity index (χ4v) is 2.48. The lowest BCUT2D eigenvalue weighted by molar-refractivity contribution is 0.174. The molecule has 1 aliphatic rings. The number of benzene rings is 2. The fraction of sp³-hybridized carbons (Fsp3) is 0.188. The van der Waals surface area contributed by atoms with Gasteiger partial charge in [-0.1, -0.05) is 30.3 Å². The summed E-state index contributed by atoms with van der Waals surface area (Å²) < 4.78 is 10.7. The van der Waals surface area contributed by atoms with E-state index in [0.29, 0.717) is 6.79 Å². The summed E-state index contributed by atoms with van der Waals surface area (Å²) in [5.41, 5.74) is 3.25. The first-order valence-corrected chi connectivity index (χ1v) is 6.71. The van der Waals surface area contributed by atoms with Crippen molar-refractivity contribution in [2.75, 3.05) is 6.79 Å². The normalized spacial score (nSPS) is 13.0. The van der Waals surface area contributed by atoms with Gasteiger partial charge in [-0.3, -0.25) is 0 Å². The number of H-pyrrole nitrogens is 1. The minimum atomic E-state index is 0.294. The third kappa shape index (κ3) is 1.99. The van der Waals surface area contributed by atoms with Crippen molar-refractivity contribution >= 4 is 11.0 Å². The average Bonchev–Trinajstić information content (AvgIpc) is 3.08. The van der Waals surface area contributed by atoms with E-state index in [9.17, 15) is 0 Å². The van der Waals surface area contributed by atoms with Crippen LogP contribution in [0.1, 0.15) is 11.4 Å². The molecule has 4 rings (SSSR count). The molecule has 2 aromatic carbocycles. The Bertz CT molecular complexity index is 709. The lowest BCUT2D eigenvalue weighted by Gasteiger charge is -1.97. The topological polar surface area (TPSA) is 47.1 Å².